The molecule has 1 heterocycles. The number of nitro benzene ring substituents is 1. The Bertz CT molecular complexity index is 532. The number of carbonyl (C=O) groups is 1. The van der Waals surface area contributed by atoms with E-state index in [1.165, 1.54) is 25.3 Å². The quantitative estimate of drug-likeness (QED) is 0.642. The van der Waals surface area contributed by atoms with Crippen LogP contribution in [0, 0.1) is 22.0 Å². The van der Waals surface area contributed by atoms with Gasteiger partial charge in [-0.25, -0.2) is 0 Å². The third-order valence-corrected chi connectivity index (χ3v) is 3.51. The zero-order valence-corrected chi connectivity index (χ0v) is 11.4. The first-order valence-corrected chi connectivity index (χ1v) is 6.37. The molecule has 0 aromatic heterocycles. The summed E-state index contributed by atoms with van der Waals surface area (Å²) < 4.78 is 5.09. The Morgan fingerprint density at radius 3 is 2.80 bits per heavy atom. The highest BCUT2D eigenvalue weighted by Crippen LogP contribution is 2.30. The molecule has 1 fully saturated rings. The molecule has 108 valence electrons. The summed E-state index contributed by atoms with van der Waals surface area (Å²) in [6.07, 6.45) is 0. The Balaban J connectivity index is 2.16. The standard InChI is InChI=1S/C13H17N3O4/c1-8-6-14-7-10(8)13(17)15-11-4-3-9(16(18)19)5-12(11)20-2/h3-5,8,10,14H,6-7H2,1-2H3,(H,15,17). The van der Waals surface area contributed by atoms with Crippen molar-refractivity contribution in [3.8, 4) is 5.75 Å². The molecule has 1 aliphatic rings. The predicted molar refractivity (Wildman–Crippen MR) is 73.8 cm³/mol. The van der Waals surface area contributed by atoms with Gasteiger partial charge in [-0.15, -0.1) is 0 Å². The molecule has 0 aliphatic carbocycles. The highest BCUT2D eigenvalue weighted by molar-refractivity contribution is 5.94. The summed E-state index contributed by atoms with van der Waals surface area (Å²) in [5, 5.41) is 16.6. The van der Waals surface area contributed by atoms with Crippen molar-refractivity contribution in [2.45, 2.75) is 6.92 Å². The fourth-order valence-corrected chi connectivity index (χ4v) is 2.28. The van der Waals surface area contributed by atoms with E-state index in [1.54, 1.807) is 0 Å². The molecule has 7 nitrogen and oxygen atoms in total. The minimum absolute atomic E-state index is 0.0734. The summed E-state index contributed by atoms with van der Waals surface area (Å²) in [7, 11) is 1.41. The van der Waals surface area contributed by atoms with E-state index in [0.717, 1.165) is 6.54 Å². The van der Waals surface area contributed by atoms with Crippen LogP contribution < -0.4 is 15.4 Å². The monoisotopic (exact) mass is 279 g/mol. The third kappa shape index (κ3) is 2.88. The van der Waals surface area contributed by atoms with Gasteiger partial charge in [-0.1, -0.05) is 6.92 Å². The lowest BCUT2D eigenvalue weighted by Gasteiger charge is -2.15. The molecule has 1 aromatic carbocycles. The second kappa shape index (κ2) is 5.87. The van der Waals surface area contributed by atoms with Gasteiger partial charge in [-0.3, -0.25) is 14.9 Å². The van der Waals surface area contributed by atoms with Gasteiger partial charge in [0.1, 0.15) is 5.75 Å². The lowest BCUT2D eigenvalue weighted by atomic mass is 9.97. The van der Waals surface area contributed by atoms with E-state index in [0.29, 0.717) is 12.2 Å². The number of amides is 1. The molecule has 2 unspecified atom stereocenters. The number of nitrogens with zero attached hydrogens (tertiary/aromatic N) is 1. The third-order valence-electron chi connectivity index (χ3n) is 3.51. The molecule has 20 heavy (non-hydrogen) atoms. The Hall–Kier alpha value is -2.15. The van der Waals surface area contributed by atoms with Crippen LogP contribution in [0.1, 0.15) is 6.92 Å². The van der Waals surface area contributed by atoms with E-state index in [-0.39, 0.29) is 29.2 Å². The van der Waals surface area contributed by atoms with Gasteiger partial charge in [0.15, 0.2) is 0 Å². The lowest BCUT2D eigenvalue weighted by molar-refractivity contribution is -0.384. The molecule has 2 atom stereocenters. The summed E-state index contributed by atoms with van der Waals surface area (Å²) >= 11 is 0. The van der Waals surface area contributed by atoms with Crippen molar-refractivity contribution >= 4 is 17.3 Å². The van der Waals surface area contributed by atoms with Crippen molar-refractivity contribution in [1.82, 2.24) is 5.32 Å². The van der Waals surface area contributed by atoms with Crippen molar-refractivity contribution in [2.75, 3.05) is 25.5 Å². The molecular formula is C13H17N3O4. The molecule has 0 bridgehead atoms. The van der Waals surface area contributed by atoms with Crippen LogP contribution in [0.4, 0.5) is 11.4 Å². The molecule has 0 radical (unpaired) electrons. The number of anilines is 1. The van der Waals surface area contributed by atoms with Crippen LogP contribution in [0.25, 0.3) is 0 Å². The fraction of sp³-hybridized carbons (Fsp3) is 0.462. The smallest absolute Gasteiger partial charge is 0.273 e. The lowest BCUT2D eigenvalue weighted by Crippen LogP contribution is -2.28. The van der Waals surface area contributed by atoms with Gasteiger partial charge >= 0.3 is 0 Å². The average molecular weight is 279 g/mol. The minimum atomic E-state index is -0.503. The van der Waals surface area contributed by atoms with Gasteiger partial charge in [-0.2, -0.15) is 0 Å². The van der Waals surface area contributed by atoms with Crippen LogP contribution in [0.2, 0.25) is 0 Å². The van der Waals surface area contributed by atoms with Crippen LogP contribution in [0.3, 0.4) is 0 Å². The summed E-state index contributed by atoms with van der Waals surface area (Å²) in [6.45, 7) is 3.47. The molecular weight excluding hydrogens is 262 g/mol. The summed E-state index contributed by atoms with van der Waals surface area (Å²) in [5.41, 5.74) is 0.373. The van der Waals surface area contributed by atoms with Crippen LogP contribution in [0.15, 0.2) is 18.2 Å². The Labute approximate surface area is 116 Å². The number of benzene rings is 1. The minimum Gasteiger partial charge on any atom is -0.494 e. The van der Waals surface area contributed by atoms with Crippen LogP contribution in [0.5, 0.6) is 5.75 Å². The van der Waals surface area contributed by atoms with Gasteiger partial charge in [0, 0.05) is 12.6 Å². The van der Waals surface area contributed by atoms with Crippen LogP contribution >= 0.6 is 0 Å². The SMILES string of the molecule is COc1cc([N+](=O)[O-])ccc1NC(=O)C1CNCC1C. The first-order valence-electron chi connectivity index (χ1n) is 6.37. The molecule has 7 heteroatoms. The average Bonchev–Trinajstić information content (AvgIpc) is 2.85. The molecule has 0 saturated carbocycles. The fourth-order valence-electron chi connectivity index (χ4n) is 2.28. The zero-order valence-electron chi connectivity index (χ0n) is 11.4. The first-order chi connectivity index (χ1) is 9.52. The van der Waals surface area contributed by atoms with Crippen molar-refractivity contribution in [1.29, 1.82) is 0 Å². The van der Waals surface area contributed by atoms with E-state index in [4.69, 9.17) is 4.74 Å². The molecule has 1 saturated heterocycles. The van der Waals surface area contributed by atoms with E-state index in [2.05, 4.69) is 10.6 Å². The maximum Gasteiger partial charge on any atom is 0.273 e. The number of non-ortho nitro benzene ring substituents is 1. The van der Waals surface area contributed by atoms with Gasteiger partial charge in [0.25, 0.3) is 5.69 Å². The molecule has 1 aromatic rings. The molecule has 0 spiro atoms. The van der Waals surface area contributed by atoms with Gasteiger partial charge < -0.3 is 15.4 Å². The van der Waals surface area contributed by atoms with E-state index >= 15 is 0 Å². The number of rotatable bonds is 4. The van der Waals surface area contributed by atoms with E-state index < -0.39 is 4.92 Å². The first kappa shape index (κ1) is 14.3. The molecule has 2 N–H and O–H groups in total. The number of carbonyl (C=O) groups excluding carboxylic acids is 1. The maximum absolute atomic E-state index is 12.2. The van der Waals surface area contributed by atoms with Crippen LogP contribution in [-0.4, -0.2) is 31.0 Å². The van der Waals surface area contributed by atoms with Crippen molar-refractivity contribution < 1.29 is 14.5 Å². The molecule has 2 rings (SSSR count). The maximum atomic E-state index is 12.2. The van der Waals surface area contributed by atoms with Gasteiger partial charge in [0.2, 0.25) is 5.91 Å². The summed E-state index contributed by atoms with van der Waals surface area (Å²) in [5.74, 6) is 0.342. The largest absolute Gasteiger partial charge is 0.494 e. The highest BCUT2D eigenvalue weighted by Gasteiger charge is 2.30. The van der Waals surface area contributed by atoms with Gasteiger partial charge in [-0.05, 0) is 18.5 Å². The summed E-state index contributed by atoms with van der Waals surface area (Å²) in [4.78, 5) is 22.4. The number of nitrogens with one attached hydrogen (secondary N) is 2. The van der Waals surface area contributed by atoms with E-state index in [9.17, 15) is 14.9 Å². The Kier molecular flexibility index (Phi) is 4.19. The number of hydrogen-bond acceptors (Lipinski definition) is 5. The number of hydrogen-bond donors (Lipinski definition) is 2. The second-order valence-electron chi connectivity index (χ2n) is 4.87. The molecule has 1 aliphatic heterocycles. The normalized spacial score (nSPS) is 21.5. The highest BCUT2D eigenvalue weighted by atomic mass is 16.6. The topological polar surface area (TPSA) is 93.5 Å². The number of methoxy groups -OCH3 is 1. The van der Waals surface area contributed by atoms with Crippen molar-refractivity contribution in [3.63, 3.8) is 0 Å². The van der Waals surface area contributed by atoms with E-state index in [1.807, 2.05) is 6.92 Å². The van der Waals surface area contributed by atoms with Crippen molar-refractivity contribution in [2.24, 2.45) is 11.8 Å². The zero-order chi connectivity index (χ0) is 14.7. The Morgan fingerprint density at radius 1 is 1.50 bits per heavy atom. The molecule has 1 amide bonds. The Morgan fingerprint density at radius 2 is 2.25 bits per heavy atom. The number of ether oxygens (including phenoxy) is 1. The number of nitro groups is 1. The van der Waals surface area contributed by atoms with Crippen LogP contribution in [-0.2, 0) is 4.79 Å². The predicted octanol–water partition coefficient (Wildman–Crippen LogP) is 1.40. The van der Waals surface area contributed by atoms with Crippen molar-refractivity contribution in [3.05, 3.63) is 28.3 Å². The second-order valence-corrected chi connectivity index (χ2v) is 4.87. The summed E-state index contributed by atoms with van der Waals surface area (Å²) in [6, 6.07) is 4.13. The van der Waals surface area contributed by atoms with Gasteiger partial charge in [0.05, 0.1) is 29.7 Å².